The van der Waals surface area contributed by atoms with E-state index in [4.69, 9.17) is 11.6 Å². The van der Waals surface area contributed by atoms with E-state index in [0.717, 1.165) is 22.4 Å². The molecule has 4 nitrogen and oxygen atoms in total. The molecule has 0 unspecified atom stereocenters. The molecule has 0 aliphatic carbocycles. The van der Waals surface area contributed by atoms with Crippen LogP contribution in [0.1, 0.15) is 37.8 Å². The van der Waals surface area contributed by atoms with E-state index in [9.17, 15) is 9.59 Å². The normalized spacial score (nSPS) is 11.7. The summed E-state index contributed by atoms with van der Waals surface area (Å²) in [4.78, 5) is 28.6. The van der Waals surface area contributed by atoms with Crippen LogP contribution in [0.25, 0.3) is 0 Å². The van der Waals surface area contributed by atoms with Gasteiger partial charge in [0, 0.05) is 23.0 Å². The van der Waals surface area contributed by atoms with E-state index >= 15 is 0 Å². The van der Waals surface area contributed by atoms with Crippen molar-refractivity contribution in [3.05, 3.63) is 64.7 Å². The molecule has 2 amide bonds. The van der Waals surface area contributed by atoms with Gasteiger partial charge in [-0.3, -0.25) is 9.59 Å². The van der Waals surface area contributed by atoms with E-state index in [2.05, 4.69) is 11.4 Å². The summed E-state index contributed by atoms with van der Waals surface area (Å²) >= 11 is 7.39. The fourth-order valence-electron chi connectivity index (χ4n) is 3.05. The summed E-state index contributed by atoms with van der Waals surface area (Å²) in [7, 11) is 0. The van der Waals surface area contributed by atoms with Gasteiger partial charge in [0.1, 0.15) is 6.04 Å². The molecule has 29 heavy (non-hydrogen) atoms. The highest BCUT2D eigenvalue weighted by atomic mass is 35.5. The van der Waals surface area contributed by atoms with Crippen LogP contribution in [-0.2, 0) is 16.1 Å². The minimum atomic E-state index is -0.486. The predicted molar refractivity (Wildman–Crippen MR) is 121 cm³/mol. The summed E-state index contributed by atoms with van der Waals surface area (Å²) in [6.45, 7) is 7.01. The molecule has 6 heteroatoms. The third kappa shape index (κ3) is 7.41. The average molecular weight is 433 g/mol. The van der Waals surface area contributed by atoms with Crippen molar-refractivity contribution in [2.24, 2.45) is 0 Å². The Morgan fingerprint density at radius 1 is 1.14 bits per heavy atom. The first-order valence-corrected chi connectivity index (χ1v) is 11.3. The van der Waals surface area contributed by atoms with Crippen molar-refractivity contribution in [2.75, 3.05) is 12.3 Å². The van der Waals surface area contributed by atoms with Crippen molar-refractivity contribution >= 4 is 35.2 Å². The molecular formula is C23H29ClN2O2S. The van der Waals surface area contributed by atoms with Gasteiger partial charge in [-0.05, 0) is 49.6 Å². The summed E-state index contributed by atoms with van der Waals surface area (Å²) in [5.74, 6) is 0.127. The maximum Gasteiger partial charge on any atom is 0.242 e. The van der Waals surface area contributed by atoms with Crippen molar-refractivity contribution in [1.29, 1.82) is 0 Å². The smallest absolute Gasteiger partial charge is 0.242 e. The number of benzene rings is 2. The zero-order valence-electron chi connectivity index (χ0n) is 17.3. The third-order valence-electron chi connectivity index (χ3n) is 4.55. The van der Waals surface area contributed by atoms with Crippen LogP contribution in [-0.4, -0.2) is 35.1 Å². The molecule has 0 radical (unpaired) electrons. The van der Waals surface area contributed by atoms with Gasteiger partial charge < -0.3 is 10.2 Å². The van der Waals surface area contributed by atoms with Gasteiger partial charge in [-0.2, -0.15) is 0 Å². The predicted octanol–water partition coefficient (Wildman–Crippen LogP) is 5.07. The van der Waals surface area contributed by atoms with E-state index in [0.29, 0.717) is 24.5 Å². The highest BCUT2D eigenvalue weighted by molar-refractivity contribution is 8.00. The lowest BCUT2D eigenvalue weighted by Crippen LogP contribution is -2.49. The largest absolute Gasteiger partial charge is 0.354 e. The molecule has 0 aliphatic heterocycles. The molecule has 0 bridgehead atoms. The summed E-state index contributed by atoms with van der Waals surface area (Å²) in [5, 5.41) is 3.61. The van der Waals surface area contributed by atoms with E-state index in [1.807, 2.05) is 63.2 Å². The zero-order chi connectivity index (χ0) is 21.2. The highest BCUT2D eigenvalue weighted by Crippen LogP contribution is 2.22. The Kier molecular flexibility index (Phi) is 9.55. The summed E-state index contributed by atoms with van der Waals surface area (Å²) in [6, 6.07) is 15.0. The second kappa shape index (κ2) is 11.9. The van der Waals surface area contributed by atoms with Gasteiger partial charge in [0.05, 0.1) is 5.75 Å². The first-order chi connectivity index (χ1) is 13.9. The average Bonchev–Trinajstić information content (AvgIpc) is 2.71. The Morgan fingerprint density at radius 3 is 2.48 bits per heavy atom. The number of carbonyl (C=O) groups is 2. The number of nitrogens with zero attached hydrogens (tertiary/aromatic N) is 1. The van der Waals surface area contributed by atoms with Gasteiger partial charge in [0.2, 0.25) is 11.8 Å². The van der Waals surface area contributed by atoms with Gasteiger partial charge >= 0.3 is 0 Å². The number of halogens is 1. The van der Waals surface area contributed by atoms with Gasteiger partial charge in [-0.15, -0.1) is 11.8 Å². The third-order valence-corrected chi connectivity index (χ3v) is 5.80. The Morgan fingerprint density at radius 2 is 1.86 bits per heavy atom. The molecule has 156 valence electrons. The van der Waals surface area contributed by atoms with Crippen LogP contribution < -0.4 is 5.32 Å². The Balaban J connectivity index is 2.17. The van der Waals surface area contributed by atoms with E-state index < -0.39 is 6.04 Å². The first-order valence-electron chi connectivity index (χ1n) is 9.95. The van der Waals surface area contributed by atoms with Crippen LogP contribution in [0.15, 0.2) is 53.4 Å². The summed E-state index contributed by atoms with van der Waals surface area (Å²) in [5.41, 5.74) is 2.16. The summed E-state index contributed by atoms with van der Waals surface area (Å²) < 4.78 is 0. The molecule has 0 heterocycles. The van der Waals surface area contributed by atoms with Crippen LogP contribution in [0, 0.1) is 6.92 Å². The first kappa shape index (κ1) is 23.3. The number of hydrogen-bond acceptors (Lipinski definition) is 3. The molecule has 0 spiro atoms. The van der Waals surface area contributed by atoms with Crippen LogP contribution in [0.2, 0.25) is 5.02 Å². The molecule has 1 atom stereocenters. The molecule has 2 aromatic carbocycles. The molecule has 0 saturated carbocycles. The van der Waals surface area contributed by atoms with Crippen LogP contribution in [0.3, 0.4) is 0 Å². The molecule has 0 aromatic heterocycles. The Bertz CT molecular complexity index is 811. The molecule has 0 fully saturated rings. The van der Waals surface area contributed by atoms with Gasteiger partial charge in [0.15, 0.2) is 0 Å². The van der Waals surface area contributed by atoms with Gasteiger partial charge in [0.25, 0.3) is 0 Å². The minimum absolute atomic E-state index is 0.0510. The number of hydrogen-bond donors (Lipinski definition) is 1. The zero-order valence-corrected chi connectivity index (χ0v) is 18.9. The maximum atomic E-state index is 13.2. The number of rotatable bonds is 10. The lowest BCUT2D eigenvalue weighted by atomic mass is 10.1. The fraction of sp³-hybridized carbons (Fsp3) is 0.391. The van der Waals surface area contributed by atoms with Crippen molar-refractivity contribution in [3.8, 4) is 0 Å². The molecule has 2 rings (SSSR count). The number of nitrogens with one attached hydrogen (secondary N) is 1. The Hall–Kier alpha value is -1.98. The van der Waals surface area contributed by atoms with Crippen LogP contribution in [0.5, 0.6) is 0 Å². The molecule has 1 N–H and O–H groups in total. The number of carbonyl (C=O) groups excluding carboxylic acids is 2. The SMILES string of the molecule is CCCNC(=O)[C@H](CC)N(Cc1cccc(C)c1)C(=O)CSc1ccc(Cl)cc1. The second-order valence-electron chi connectivity index (χ2n) is 6.97. The van der Waals surface area contributed by atoms with Crippen molar-refractivity contribution < 1.29 is 9.59 Å². The van der Waals surface area contributed by atoms with E-state index in [1.54, 1.807) is 4.90 Å². The molecular weight excluding hydrogens is 404 g/mol. The van der Waals surface area contributed by atoms with Crippen LogP contribution >= 0.6 is 23.4 Å². The molecule has 0 aliphatic rings. The standard InChI is InChI=1S/C23H29ClN2O2S/c1-4-13-25-23(28)21(5-2)26(15-18-8-6-7-17(3)14-18)22(27)16-29-20-11-9-19(24)10-12-20/h6-12,14,21H,4-5,13,15-16H2,1-3H3,(H,25,28)/t21-/m0/s1. The molecule has 2 aromatic rings. The lowest BCUT2D eigenvalue weighted by molar-refractivity contribution is -0.139. The van der Waals surface area contributed by atoms with E-state index in [-0.39, 0.29) is 17.6 Å². The number of aryl methyl sites for hydroxylation is 1. The lowest BCUT2D eigenvalue weighted by Gasteiger charge is -2.30. The quantitative estimate of drug-likeness (QED) is 0.533. The second-order valence-corrected chi connectivity index (χ2v) is 8.45. The van der Waals surface area contributed by atoms with Crippen molar-refractivity contribution in [2.45, 2.75) is 51.1 Å². The van der Waals surface area contributed by atoms with Gasteiger partial charge in [-0.1, -0.05) is 55.3 Å². The van der Waals surface area contributed by atoms with E-state index in [1.165, 1.54) is 11.8 Å². The minimum Gasteiger partial charge on any atom is -0.354 e. The van der Waals surface area contributed by atoms with Crippen molar-refractivity contribution in [1.82, 2.24) is 10.2 Å². The molecule has 0 saturated heterocycles. The number of amides is 2. The summed E-state index contributed by atoms with van der Waals surface area (Å²) in [6.07, 6.45) is 1.43. The Labute approximate surface area is 183 Å². The van der Waals surface area contributed by atoms with Gasteiger partial charge in [-0.25, -0.2) is 0 Å². The maximum absolute atomic E-state index is 13.2. The fourth-order valence-corrected chi connectivity index (χ4v) is 3.96. The number of thioether (sulfide) groups is 1. The van der Waals surface area contributed by atoms with Crippen molar-refractivity contribution in [3.63, 3.8) is 0 Å². The van der Waals surface area contributed by atoms with Crippen LogP contribution in [0.4, 0.5) is 0 Å². The monoisotopic (exact) mass is 432 g/mol. The highest BCUT2D eigenvalue weighted by Gasteiger charge is 2.28. The topological polar surface area (TPSA) is 49.4 Å².